The molecule has 0 bridgehead atoms. The van der Waals surface area contributed by atoms with Gasteiger partial charge in [0, 0.05) is 22.5 Å². The molecule has 0 saturated heterocycles. The molecule has 22 heavy (non-hydrogen) atoms. The largest absolute Gasteiger partial charge is 0.330 e. The summed E-state index contributed by atoms with van der Waals surface area (Å²) in [7, 11) is 1.97. The SMILES string of the molecule is CCc1ccccc1.CN[C@@H](C)CSNc1ccc(Cl)cc1. The molecular weight excluding hydrogens is 312 g/mol. The van der Waals surface area contributed by atoms with E-state index >= 15 is 0 Å². The van der Waals surface area contributed by atoms with Crippen molar-refractivity contribution in [1.29, 1.82) is 0 Å². The van der Waals surface area contributed by atoms with Crippen LogP contribution in [0.15, 0.2) is 54.6 Å². The molecule has 0 aliphatic heterocycles. The number of halogens is 1. The summed E-state index contributed by atoms with van der Waals surface area (Å²) in [6.45, 7) is 4.31. The number of anilines is 1. The van der Waals surface area contributed by atoms with Crippen LogP contribution in [0.3, 0.4) is 0 Å². The maximum atomic E-state index is 5.77. The fraction of sp³-hybridized carbons (Fsp3) is 0.333. The molecule has 0 saturated carbocycles. The van der Waals surface area contributed by atoms with E-state index in [1.807, 2.05) is 37.4 Å². The molecule has 0 radical (unpaired) electrons. The van der Waals surface area contributed by atoms with Gasteiger partial charge in [-0.2, -0.15) is 0 Å². The lowest BCUT2D eigenvalue weighted by Gasteiger charge is -2.10. The van der Waals surface area contributed by atoms with Gasteiger partial charge in [0.2, 0.25) is 0 Å². The van der Waals surface area contributed by atoms with Crippen LogP contribution in [0, 0.1) is 0 Å². The Kier molecular flexibility index (Phi) is 9.80. The van der Waals surface area contributed by atoms with Gasteiger partial charge in [-0.3, -0.25) is 0 Å². The van der Waals surface area contributed by atoms with Gasteiger partial charge in [0.05, 0.1) is 0 Å². The van der Waals surface area contributed by atoms with Gasteiger partial charge in [-0.1, -0.05) is 60.8 Å². The molecule has 0 aliphatic rings. The molecule has 0 aliphatic carbocycles. The molecule has 0 spiro atoms. The maximum Gasteiger partial charge on any atom is 0.0441 e. The van der Waals surface area contributed by atoms with Gasteiger partial charge in [0.1, 0.15) is 0 Å². The number of rotatable bonds is 6. The molecule has 2 N–H and O–H groups in total. The van der Waals surface area contributed by atoms with Gasteiger partial charge >= 0.3 is 0 Å². The zero-order valence-electron chi connectivity index (χ0n) is 13.5. The van der Waals surface area contributed by atoms with Gasteiger partial charge in [0.15, 0.2) is 0 Å². The summed E-state index contributed by atoms with van der Waals surface area (Å²) in [6, 6.07) is 18.7. The summed E-state index contributed by atoms with van der Waals surface area (Å²) in [5, 5.41) is 3.95. The summed E-state index contributed by atoms with van der Waals surface area (Å²) in [5.74, 6) is 1.03. The van der Waals surface area contributed by atoms with Crippen molar-refractivity contribution in [2.45, 2.75) is 26.3 Å². The molecule has 2 nitrogen and oxygen atoms in total. The molecule has 0 amide bonds. The molecule has 120 valence electrons. The third-order valence-electron chi connectivity index (χ3n) is 3.11. The Bertz CT molecular complexity index is 502. The molecule has 2 rings (SSSR count). The Balaban J connectivity index is 0.000000255. The van der Waals surface area contributed by atoms with E-state index in [4.69, 9.17) is 11.6 Å². The second-order valence-corrected chi connectivity index (χ2v) is 6.21. The smallest absolute Gasteiger partial charge is 0.0441 e. The highest BCUT2D eigenvalue weighted by molar-refractivity contribution is 8.00. The van der Waals surface area contributed by atoms with Crippen molar-refractivity contribution in [3.8, 4) is 0 Å². The van der Waals surface area contributed by atoms with Crippen LogP contribution in [-0.2, 0) is 6.42 Å². The minimum absolute atomic E-state index is 0.514. The summed E-state index contributed by atoms with van der Waals surface area (Å²) in [6.07, 6.45) is 1.14. The van der Waals surface area contributed by atoms with Gasteiger partial charge in [0.25, 0.3) is 0 Å². The molecule has 0 fully saturated rings. The molecule has 2 aromatic rings. The summed E-state index contributed by atoms with van der Waals surface area (Å²) in [5.41, 5.74) is 2.50. The first-order chi connectivity index (χ1) is 10.7. The number of hydrogen-bond acceptors (Lipinski definition) is 3. The molecule has 2 aromatic carbocycles. The zero-order chi connectivity index (χ0) is 16.2. The highest BCUT2D eigenvalue weighted by Crippen LogP contribution is 2.16. The van der Waals surface area contributed by atoms with Crippen molar-refractivity contribution < 1.29 is 0 Å². The van der Waals surface area contributed by atoms with Crippen molar-refractivity contribution in [2.75, 3.05) is 17.5 Å². The zero-order valence-corrected chi connectivity index (χ0v) is 15.0. The third kappa shape index (κ3) is 8.32. The highest BCUT2D eigenvalue weighted by atomic mass is 35.5. The van der Waals surface area contributed by atoms with Crippen molar-refractivity contribution in [2.24, 2.45) is 0 Å². The van der Waals surface area contributed by atoms with Crippen LogP contribution < -0.4 is 10.0 Å². The van der Waals surface area contributed by atoms with Crippen LogP contribution in [0.25, 0.3) is 0 Å². The topological polar surface area (TPSA) is 24.1 Å². The Labute approximate surface area is 143 Å². The van der Waals surface area contributed by atoms with Crippen molar-refractivity contribution >= 4 is 29.2 Å². The lowest BCUT2D eigenvalue weighted by Crippen LogP contribution is -2.24. The fourth-order valence-corrected chi connectivity index (χ4v) is 2.49. The molecule has 0 aromatic heterocycles. The van der Waals surface area contributed by atoms with E-state index in [1.165, 1.54) is 5.56 Å². The van der Waals surface area contributed by atoms with Crippen LogP contribution in [0.4, 0.5) is 5.69 Å². The number of benzene rings is 2. The first-order valence-corrected chi connectivity index (χ1v) is 8.86. The van der Waals surface area contributed by atoms with Crippen LogP contribution >= 0.6 is 23.5 Å². The summed E-state index contributed by atoms with van der Waals surface area (Å²) >= 11 is 7.46. The lowest BCUT2D eigenvalue weighted by molar-refractivity contribution is 0.678. The number of nitrogens with one attached hydrogen (secondary N) is 2. The Morgan fingerprint density at radius 2 is 1.68 bits per heavy atom. The standard InChI is InChI=1S/C10H15ClN2S.C8H10/c1-8(12-2)7-14-13-10-5-3-9(11)4-6-10;1-2-8-6-4-3-5-7-8/h3-6,8,12-13H,7H2,1-2H3;3-7H,2H2,1H3/t8-;/m0./s1. The lowest BCUT2D eigenvalue weighted by atomic mass is 10.2. The Morgan fingerprint density at radius 1 is 1.05 bits per heavy atom. The average molecular weight is 337 g/mol. The van der Waals surface area contributed by atoms with Crippen molar-refractivity contribution in [3.63, 3.8) is 0 Å². The van der Waals surface area contributed by atoms with E-state index in [2.05, 4.69) is 48.2 Å². The average Bonchev–Trinajstić information content (AvgIpc) is 2.58. The fourth-order valence-electron chi connectivity index (χ4n) is 1.56. The Hall–Kier alpha value is -1.16. The van der Waals surface area contributed by atoms with Crippen molar-refractivity contribution in [1.82, 2.24) is 5.32 Å². The van der Waals surface area contributed by atoms with Gasteiger partial charge in [-0.25, -0.2) is 0 Å². The van der Waals surface area contributed by atoms with Crippen molar-refractivity contribution in [3.05, 3.63) is 65.2 Å². The maximum absolute atomic E-state index is 5.77. The second kappa shape index (κ2) is 11.4. The highest BCUT2D eigenvalue weighted by Gasteiger charge is 1.98. The first kappa shape index (κ1) is 18.9. The van der Waals surface area contributed by atoms with Crippen LogP contribution in [-0.4, -0.2) is 18.8 Å². The number of aryl methyl sites for hydroxylation is 1. The predicted octanol–water partition coefficient (Wildman–Crippen LogP) is 5.26. The van der Waals surface area contributed by atoms with E-state index in [0.717, 1.165) is 22.9 Å². The summed E-state index contributed by atoms with van der Waals surface area (Å²) in [4.78, 5) is 0. The van der Waals surface area contributed by atoms with E-state index in [1.54, 1.807) is 11.9 Å². The van der Waals surface area contributed by atoms with Gasteiger partial charge < -0.3 is 10.0 Å². The van der Waals surface area contributed by atoms with Gasteiger partial charge in [-0.15, -0.1) is 0 Å². The van der Waals surface area contributed by atoms with Crippen LogP contribution in [0.1, 0.15) is 19.4 Å². The monoisotopic (exact) mass is 336 g/mol. The second-order valence-electron chi connectivity index (χ2n) is 4.95. The minimum Gasteiger partial charge on any atom is -0.330 e. The van der Waals surface area contributed by atoms with E-state index < -0.39 is 0 Å². The van der Waals surface area contributed by atoms with Gasteiger partial charge in [-0.05, 0) is 50.2 Å². The molecular formula is C18H25ClN2S. The van der Waals surface area contributed by atoms with Crippen LogP contribution in [0.2, 0.25) is 5.02 Å². The molecule has 4 heteroatoms. The van der Waals surface area contributed by atoms with Crippen LogP contribution in [0.5, 0.6) is 0 Å². The van der Waals surface area contributed by atoms with E-state index in [-0.39, 0.29) is 0 Å². The molecule has 0 heterocycles. The molecule has 1 atom stereocenters. The molecule has 0 unspecified atom stereocenters. The normalized spacial score (nSPS) is 11.3. The summed E-state index contributed by atoms with van der Waals surface area (Å²) < 4.78 is 3.26. The first-order valence-electron chi connectivity index (χ1n) is 7.50. The van der Waals surface area contributed by atoms with E-state index in [9.17, 15) is 0 Å². The predicted molar refractivity (Wildman–Crippen MR) is 102 cm³/mol. The third-order valence-corrected chi connectivity index (χ3v) is 4.41. The van der Waals surface area contributed by atoms with E-state index in [0.29, 0.717) is 6.04 Å². The number of hydrogen-bond donors (Lipinski definition) is 2. The quantitative estimate of drug-likeness (QED) is 0.704. The minimum atomic E-state index is 0.514. The Morgan fingerprint density at radius 3 is 2.18 bits per heavy atom.